The van der Waals surface area contributed by atoms with E-state index in [0.717, 1.165) is 12.5 Å². The Bertz CT molecular complexity index is 391. The van der Waals surface area contributed by atoms with Gasteiger partial charge in [-0.05, 0) is 57.1 Å². The molecule has 0 amide bonds. The molecule has 0 radical (unpaired) electrons. The minimum atomic E-state index is 0.631. The standard InChI is InChI=1S/C16H27N3/c1-18-8-6-14(12-18)7-9-19(2)13-16-5-3-4-15(10-16)11-17/h3-5,10,14H,6-9,11-13,17H2,1-2H3. The lowest BCUT2D eigenvalue weighted by Gasteiger charge is -2.19. The maximum Gasteiger partial charge on any atom is 0.0230 e. The number of likely N-dealkylation sites (tertiary alicyclic amines) is 1. The zero-order valence-electron chi connectivity index (χ0n) is 12.3. The summed E-state index contributed by atoms with van der Waals surface area (Å²) in [6, 6.07) is 8.62. The molecule has 1 aromatic carbocycles. The van der Waals surface area contributed by atoms with Gasteiger partial charge >= 0.3 is 0 Å². The topological polar surface area (TPSA) is 32.5 Å². The van der Waals surface area contributed by atoms with Crippen molar-refractivity contribution in [3.05, 3.63) is 35.4 Å². The fraction of sp³-hybridized carbons (Fsp3) is 0.625. The van der Waals surface area contributed by atoms with Crippen LogP contribution in [0, 0.1) is 5.92 Å². The van der Waals surface area contributed by atoms with E-state index in [9.17, 15) is 0 Å². The molecule has 19 heavy (non-hydrogen) atoms. The minimum absolute atomic E-state index is 0.631. The highest BCUT2D eigenvalue weighted by atomic mass is 15.1. The summed E-state index contributed by atoms with van der Waals surface area (Å²) in [4.78, 5) is 4.86. The maximum atomic E-state index is 5.69. The Kier molecular flexibility index (Phi) is 5.37. The predicted molar refractivity (Wildman–Crippen MR) is 80.9 cm³/mol. The first kappa shape index (κ1) is 14.5. The van der Waals surface area contributed by atoms with Crippen LogP contribution in [0.4, 0.5) is 0 Å². The van der Waals surface area contributed by atoms with Crippen molar-refractivity contribution in [3.63, 3.8) is 0 Å². The van der Waals surface area contributed by atoms with Crippen LogP contribution >= 0.6 is 0 Å². The summed E-state index contributed by atoms with van der Waals surface area (Å²) in [5.74, 6) is 0.892. The van der Waals surface area contributed by atoms with Crippen molar-refractivity contribution in [1.82, 2.24) is 9.80 Å². The van der Waals surface area contributed by atoms with Crippen LogP contribution in [-0.4, -0.2) is 43.5 Å². The van der Waals surface area contributed by atoms with Crippen molar-refractivity contribution in [2.24, 2.45) is 11.7 Å². The summed E-state index contributed by atoms with van der Waals surface area (Å²) in [6.07, 6.45) is 2.68. The van der Waals surface area contributed by atoms with Crippen LogP contribution in [-0.2, 0) is 13.1 Å². The smallest absolute Gasteiger partial charge is 0.0230 e. The van der Waals surface area contributed by atoms with Gasteiger partial charge in [0, 0.05) is 19.6 Å². The second kappa shape index (κ2) is 7.04. The van der Waals surface area contributed by atoms with Crippen molar-refractivity contribution >= 4 is 0 Å². The summed E-state index contributed by atoms with van der Waals surface area (Å²) in [6.45, 7) is 5.39. The molecule has 3 nitrogen and oxygen atoms in total. The molecule has 106 valence electrons. The van der Waals surface area contributed by atoms with E-state index in [-0.39, 0.29) is 0 Å². The molecule has 2 N–H and O–H groups in total. The molecular weight excluding hydrogens is 234 g/mol. The van der Waals surface area contributed by atoms with E-state index in [1.165, 1.54) is 43.6 Å². The highest BCUT2D eigenvalue weighted by molar-refractivity contribution is 5.23. The van der Waals surface area contributed by atoms with Crippen molar-refractivity contribution in [3.8, 4) is 0 Å². The third kappa shape index (κ3) is 4.60. The summed E-state index contributed by atoms with van der Waals surface area (Å²) in [5.41, 5.74) is 8.28. The third-order valence-corrected chi connectivity index (χ3v) is 4.09. The first-order valence-electron chi connectivity index (χ1n) is 7.32. The monoisotopic (exact) mass is 261 g/mol. The number of benzene rings is 1. The van der Waals surface area contributed by atoms with Gasteiger partial charge in [-0.2, -0.15) is 0 Å². The summed E-state index contributed by atoms with van der Waals surface area (Å²) in [7, 11) is 4.44. The van der Waals surface area contributed by atoms with E-state index in [1.807, 2.05) is 0 Å². The fourth-order valence-electron chi connectivity index (χ4n) is 2.91. The number of hydrogen-bond donors (Lipinski definition) is 1. The Morgan fingerprint density at radius 2 is 2.16 bits per heavy atom. The molecule has 2 rings (SSSR count). The number of nitrogens with zero attached hydrogens (tertiary/aromatic N) is 2. The predicted octanol–water partition coefficient (Wildman–Crippen LogP) is 1.92. The Hall–Kier alpha value is -0.900. The number of nitrogens with two attached hydrogens (primary N) is 1. The van der Waals surface area contributed by atoms with Gasteiger partial charge in [-0.1, -0.05) is 24.3 Å². The average molecular weight is 261 g/mol. The number of rotatable bonds is 6. The van der Waals surface area contributed by atoms with Gasteiger partial charge < -0.3 is 15.5 Å². The molecule has 1 aliphatic heterocycles. The molecule has 1 heterocycles. The molecule has 1 fully saturated rings. The lowest BCUT2D eigenvalue weighted by molar-refractivity contribution is 0.290. The highest BCUT2D eigenvalue weighted by Gasteiger charge is 2.19. The highest BCUT2D eigenvalue weighted by Crippen LogP contribution is 2.18. The molecule has 0 aromatic heterocycles. The average Bonchev–Trinajstić information content (AvgIpc) is 2.82. The quantitative estimate of drug-likeness (QED) is 0.849. The van der Waals surface area contributed by atoms with Crippen molar-refractivity contribution < 1.29 is 0 Å². The zero-order chi connectivity index (χ0) is 13.7. The Morgan fingerprint density at radius 1 is 1.37 bits per heavy atom. The van der Waals surface area contributed by atoms with Gasteiger partial charge in [0.1, 0.15) is 0 Å². The van der Waals surface area contributed by atoms with Gasteiger partial charge in [0.25, 0.3) is 0 Å². The summed E-state index contributed by atoms with van der Waals surface area (Å²) in [5, 5.41) is 0. The summed E-state index contributed by atoms with van der Waals surface area (Å²) < 4.78 is 0. The first-order chi connectivity index (χ1) is 9.17. The van der Waals surface area contributed by atoms with Crippen LogP contribution in [0.25, 0.3) is 0 Å². The SMILES string of the molecule is CN(CCC1CCN(C)C1)Cc1cccc(CN)c1. The van der Waals surface area contributed by atoms with Crippen LogP contribution in [0.15, 0.2) is 24.3 Å². The maximum absolute atomic E-state index is 5.69. The van der Waals surface area contributed by atoms with Gasteiger partial charge in [0.2, 0.25) is 0 Å². The van der Waals surface area contributed by atoms with E-state index in [2.05, 4.69) is 48.2 Å². The Labute approximate surface area is 117 Å². The molecule has 1 atom stereocenters. The largest absolute Gasteiger partial charge is 0.326 e. The van der Waals surface area contributed by atoms with E-state index in [4.69, 9.17) is 5.73 Å². The van der Waals surface area contributed by atoms with E-state index in [0.29, 0.717) is 6.54 Å². The molecule has 3 heteroatoms. The molecule has 1 aliphatic rings. The van der Waals surface area contributed by atoms with Crippen LogP contribution in [0.1, 0.15) is 24.0 Å². The molecule has 0 spiro atoms. The second-order valence-corrected chi connectivity index (χ2v) is 5.97. The third-order valence-electron chi connectivity index (χ3n) is 4.09. The molecule has 1 aromatic rings. The Balaban J connectivity index is 1.75. The molecular formula is C16H27N3. The lowest BCUT2D eigenvalue weighted by Crippen LogP contribution is -2.22. The normalized spacial score (nSPS) is 20.3. The molecule has 0 saturated carbocycles. The lowest BCUT2D eigenvalue weighted by atomic mass is 10.0. The molecule has 0 bridgehead atoms. The summed E-state index contributed by atoms with van der Waals surface area (Å²) >= 11 is 0. The number of hydrogen-bond acceptors (Lipinski definition) is 3. The van der Waals surface area contributed by atoms with Crippen molar-refractivity contribution in [1.29, 1.82) is 0 Å². The second-order valence-electron chi connectivity index (χ2n) is 5.97. The zero-order valence-corrected chi connectivity index (χ0v) is 12.3. The van der Waals surface area contributed by atoms with Gasteiger partial charge in [0.05, 0.1) is 0 Å². The van der Waals surface area contributed by atoms with E-state index < -0.39 is 0 Å². The fourth-order valence-corrected chi connectivity index (χ4v) is 2.91. The van der Waals surface area contributed by atoms with Crippen LogP contribution in [0.5, 0.6) is 0 Å². The minimum Gasteiger partial charge on any atom is -0.326 e. The van der Waals surface area contributed by atoms with Crippen molar-refractivity contribution in [2.75, 3.05) is 33.7 Å². The van der Waals surface area contributed by atoms with Crippen LogP contribution in [0.3, 0.4) is 0 Å². The van der Waals surface area contributed by atoms with Crippen LogP contribution in [0.2, 0.25) is 0 Å². The van der Waals surface area contributed by atoms with Gasteiger partial charge in [-0.3, -0.25) is 0 Å². The van der Waals surface area contributed by atoms with Crippen molar-refractivity contribution in [2.45, 2.75) is 25.9 Å². The molecule has 1 saturated heterocycles. The van der Waals surface area contributed by atoms with Crippen LogP contribution < -0.4 is 5.73 Å². The van der Waals surface area contributed by atoms with Gasteiger partial charge in [0.15, 0.2) is 0 Å². The van der Waals surface area contributed by atoms with Gasteiger partial charge in [-0.25, -0.2) is 0 Å². The van der Waals surface area contributed by atoms with E-state index >= 15 is 0 Å². The Morgan fingerprint density at radius 3 is 2.84 bits per heavy atom. The first-order valence-corrected chi connectivity index (χ1v) is 7.32. The molecule has 0 aliphatic carbocycles. The molecule has 1 unspecified atom stereocenters. The van der Waals surface area contributed by atoms with E-state index in [1.54, 1.807) is 0 Å². The van der Waals surface area contributed by atoms with Gasteiger partial charge in [-0.15, -0.1) is 0 Å².